The Morgan fingerprint density at radius 3 is 2.29 bits per heavy atom. The van der Waals surface area contributed by atoms with E-state index in [1.807, 2.05) is 6.92 Å². The third-order valence-electron chi connectivity index (χ3n) is 3.01. The molecule has 0 aromatic heterocycles. The van der Waals surface area contributed by atoms with E-state index in [0.717, 1.165) is 11.5 Å². The Bertz CT molecular complexity index is 342. The smallest absolute Gasteiger partial charge is 0.0245 e. The molecule has 72 valence electrons. The summed E-state index contributed by atoms with van der Waals surface area (Å²) in [6.07, 6.45) is 5.56. The second-order valence-corrected chi connectivity index (χ2v) is 3.98. The minimum absolute atomic E-state index is 0.818. The van der Waals surface area contributed by atoms with E-state index in [1.54, 1.807) is 0 Å². The fraction of sp³-hybridized carbons (Fsp3) is 0.429. The number of hydrogen-bond donors (Lipinski definition) is 0. The summed E-state index contributed by atoms with van der Waals surface area (Å²) in [5.74, 6) is 6.82. The van der Waals surface area contributed by atoms with Crippen LogP contribution < -0.4 is 0 Å². The highest BCUT2D eigenvalue weighted by Crippen LogP contribution is 2.33. The van der Waals surface area contributed by atoms with Gasteiger partial charge in [-0.05, 0) is 43.4 Å². The van der Waals surface area contributed by atoms with Crippen LogP contribution in [0.15, 0.2) is 24.3 Å². The molecule has 0 bridgehead atoms. The lowest BCUT2D eigenvalue weighted by atomic mass is 9.97. The predicted octanol–water partition coefficient (Wildman–Crippen LogP) is 3.72. The third-order valence-corrected chi connectivity index (χ3v) is 3.01. The highest BCUT2D eigenvalue weighted by atomic mass is 14.2. The average Bonchev–Trinajstić information content (AvgIpc) is 2.72. The number of hydrogen-bond acceptors (Lipinski definition) is 0. The van der Waals surface area contributed by atoms with Crippen LogP contribution in [-0.4, -0.2) is 0 Å². The molecule has 0 nitrogen and oxygen atoms in total. The van der Waals surface area contributed by atoms with Crippen LogP contribution in [0.5, 0.6) is 0 Å². The van der Waals surface area contributed by atoms with Crippen LogP contribution in [0.3, 0.4) is 0 Å². The van der Waals surface area contributed by atoms with Crippen molar-refractivity contribution < 1.29 is 0 Å². The molecular formula is C14H16. The summed E-state index contributed by atoms with van der Waals surface area (Å²) in [5.41, 5.74) is 2.64. The topological polar surface area (TPSA) is 0 Å². The molecule has 0 aliphatic heterocycles. The van der Waals surface area contributed by atoms with E-state index >= 15 is 0 Å². The predicted molar refractivity (Wildman–Crippen MR) is 60.2 cm³/mol. The second kappa shape index (κ2) is 4.33. The molecule has 1 fully saturated rings. The quantitative estimate of drug-likeness (QED) is 0.583. The standard InChI is InChI=1S/C14H16/c1-2-5-12-8-10-14(11-9-12)13-6-3-4-7-13/h8-11,13H,3-4,6-7H2,1H3. The first kappa shape index (κ1) is 9.34. The zero-order valence-electron chi connectivity index (χ0n) is 8.72. The van der Waals surface area contributed by atoms with Crippen molar-refractivity contribution >= 4 is 0 Å². The highest BCUT2D eigenvalue weighted by Gasteiger charge is 2.16. The van der Waals surface area contributed by atoms with Gasteiger partial charge in [0, 0.05) is 5.56 Å². The summed E-state index contributed by atoms with van der Waals surface area (Å²) in [6, 6.07) is 8.78. The second-order valence-electron chi connectivity index (χ2n) is 3.98. The third kappa shape index (κ3) is 1.99. The fourth-order valence-corrected chi connectivity index (χ4v) is 2.24. The van der Waals surface area contributed by atoms with Crippen LogP contribution >= 0.6 is 0 Å². The molecule has 0 saturated heterocycles. The van der Waals surface area contributed by atoms with Gasteiger partial charge < -0.3 is 0 Å². The van der Waals surface area contributed by atoms with E-state index in [-0.39, 0.29) is 0 Å². The molecule has 0 N–H and O–H groups in total. The lowest BCUT2D eigenvalue weighted by Crippen LogP contribution is -1.91. The van der Waals surface area contributed by atoms with Crippen LogP contribution in [0.2, 0.25) is 0 Å². The summed E-state index contributed by atoms with van der Waals surface area (Å²) in [5, 5.41) is 0. The largest absolute Gasteiger partial charge is 0.101 e. The normalized spacial score (nSPS) is 16.4. The van der Waals surface area contributed by atoms with Crippen molar-refractivity contribution in [2.45, 2.75) is 38.5 Å². The van der Waals surface area contributed by atoms with Crippen molar-refractivity contribution in [3.8, 4) is 11.8 Å². The van der Waals surface area contributed by atoms with Gasteiger partial charge in [0.25, 0.3) is 0 Å². The lowest BCUT2D eigenvalue weighted by Gasteiger charge is -2.08. The van der Waals surface area contributed by atoms with Gasteiger partial charge in [0.05, 0.1) is 0 Å². The van der Waals surface area contributed by atoms with Gasteiger partial charge in [0.15, 0.2) is 0 Å². The molecule has 0 amide bonds. The first-order valence-electron chi connectivity index (χ1n) is 5.43. The van der Waals surface area contributed by atoms with Crippen molar-refractivity contribution in [2.75, 3.05) is 0 Å². The Morgan fingerprint density at radius 2 is 1.71 bits per heavy atom. The lowest BCUT2D eigenvalue weighted by molar-refractivity contribution is 0.723. The minimum atomic E-state index is 0.818. The van der Waals surface area contributed by atoms with E-state index in [2.05, 4.69) is 36.1 Å². The van der Waals surface area contributed by atoms with E-state index in [0.29, 0.717) is 0 Å². The summed E-state index contributed by atoms with van der Waals surface area (Å²) >= 11 is 0. The first-order chi connectivity index (χ1) is 6.90. The summed E-state index contributed by atoms with van der Waals surface area (Å²) in [7, 11) is 0. The van der Waals surface area contributed by atoms with Crippen molar-refractivity contribution in [2.24, 2.45) is 0 Å². The number of rotatable bonds is 1. The van der Waals surface area contributed by atoms with Crippen molar-refractivity contribution in [1.29, 1.82) is 0 Å². The van der Waals surface area contributed by atoms with Crippen molar-refractivity contribution in [1.82, 2.24) is 0 Å². The Kier molecular flexibility index (Phi) is 2.89. The molecule has 1 aromatic rings. The van der Waals surface area contributed by atoms with E-state index < -0.39 is 0 Å². The van der Waals surface area contributed by atoms with Crippen LogP contribution in [0.4, 0.5) is 0 Å². The van der Waals surface area contributed by atoms with Crippen LogP contribution in [-0.2, 0) is 0 Å². The van der Waals surface area contributed by atoms with Gasteiger partial charge in [-0.25, -0.2) is 0 Å². The molecule has 2 rings (SSSR count). The Hall–Kier alpha value is -1.22. The SMILES string of the molecule is CC#Cc1ccc(C2CCCC2)cc1. The monoisotopic (exact) mass is 184 g/mol. The molecule has 1 saturated carbocycles. The van der Waals surface area contributed by atoms with Gasteiger partial charge in [0.1, 0.15) is 0 Å². The Labute approximate surface area is 86.3 Å². The van der Waals surface area contributed by atoms with E-state index in [1.165, 1.54) is 31.2 Å². The number of benzene rings is 1. The molecule has 14 heavy (non-hydrogen) atoms. The maximum Gasteiger partial charge on any atom is 0.0245 e. The summed E-state index contributed by atoms with van der Waals surface area (Å²) < 4.78 is 0. The average molecular weight is 184 g/mol. The van der Waals surface area contributed by atoms with Crippen LogP contribution in [0.25, 0.3) is 0 Å². The maximum atomic E-state index is 3.08. The molecule has 0 heterocycles. The van der Waals surface area contributed by atoms with Crippen LogP contribution in [0.1, 0.15) is 49.7 Å². The van der Waals surface area contributed by atoms with Gasteiger partial charge in [-0.2, -0.15) is 0 Å². The van der Waals surface area contributed by atoms with Gasteiger partial charge in [-0.3, -0.25) is 0 Å². The summed E-state index contributed by atoms with van der Waals surface area (Å²) in [6.45, 7) is 1.88. The molecule has 0 radical (unpaired) electrons. The molecule has 1 aliphatic rings. The molecule has 0 unspecified atom stereocenters. The maximum absolute atomic E-state index is 3.08. The van der Waals surface area contributed by atoms with Crippen LogP contribution in [0, 0.1) is 11.8 Å². The molecule has 0 heteroatoms. The zero-order valence-corrected chi connectivity index (χ0v) is 8.72. The highest BCUT2D eigenvalue weighted by molar-refractivity contribution is 5.36. The summed E-state index contributed by atoms with van der Waals surface area (Å²) in [4.78, 5) is 0. The zero-order chi connectivity index (χ0) is 9.80. The van der Waals surface area contributed by atoms with Crippen molar-refractivity contribution in [3.05, 3.63) is 35.4 Å². The van der Waals surface area contributed by atoms with Gasteiger partial charge in [-0.15, -0.1) is 5.92 Å². The molecule has 1 aromatic carbocycles. The Morgan fingerprint density at radius 1 is 1.07 bits per heavy atom. The first-order valence-corrected chi connectivity index (χ1v) is 5.43. The van der Waals surface area contributed by atoms with Gasteiger partial charge >= 0.3 is 0 Å². The molecular weight excluding hydrogens is 168 g/mol. The Balaban J connectivity index is 2.15. The van der Waals surface area contributed by atoms with Crippen molar-refractivity contribution in [3.63, 3.8) is 0 Å². The molecule has 0 spiro atoms. The molecule has 0 atom stereocenters. The van der Waals surface area contributed by atoms with E-state index in [4.69, 9.17) is 0 Å². The van der Waals surface area contributed by atoms with Gasteiger partial charge in [-0.1, -0.05) is 30.9 Å². The fourth-order valence-electron chi connectivity index (χ4n) is 2.24. The minimum Gasteiger partial charge on any atom is -0.101 e. The van der Waals surface area contributed by atoms with Gasteiger partial charge in [0.2, 0.25) is 0 Å². The molecule has 1 aliphatic carbocycles. The van der Waals surface area contributed by atoms with E-state index in [9.17, 15) is 0 Å².